The molecule has 0 aliphatic rings. The van der Waals surface area contributed by atoms with E-state index in [0.29, 0.717) is 33.1 Å². The van der Waals surface area contributed by atoms with Gasteiger partial charge in [0.05, 0.1) is 24.2 Å². The summed E-state index contributed by atoms with van der Waals surface area (Å²) in [5.41, 5.74) is 5.79. The number of aryl methyl sites for hydroxylation is 1. The number of carbonyl (C=O) groups is 1. The molecule has 2 N–H and O–H groups in total. The molecule has 0 bridgehead atoms. The van der Waals surface area contributed by atoms with Crippen molar-refractivity contribution in [2.75, 3.05) is 13.7 Å². The van der Waals surface area contributed by atoms with Gasteiger partial charge in [-0.2, -0.15) is 9.78 Å². The summed E-state index contributed by atoms with van der Waals surface area (Å²) in [5, 5.41) is 5.02. The number of nitrogens with two attached hydrogens (primary N) is 1. The second kappa shape index (κ2) is 8.62. The van der Waals surface area contributed by atoms with E-state index in [4.69, 9.17) is 26.8 Å². The molecule has 0 spiro atoms. The van der Waals surface area contributed by atoms with Crippen LogP contribution >= 0.6 is 27.5 Å². The maximum atomic E-state index is 12.9. The van der Waals surface area contributed by atoms with Gasteiger partial charge in [-0.25, -0.2) is 4.98 Å². The number of nitrogens with zero attached hydrogens (tertiary/aromatic N) is 3. The molecule has 29 heavy (non-hydrogen) atoms. The molecule has 10 heteroatoms. The summed E-state index contributed by atoms with van der Waals surface area (Å²) in [6.07, 6.45) is 1.38. The fraction of sp³-hybridized carbons (Fsp3) is 0.158. The molecular weight excluding hydrogens is 464 g/mol. The lowest BCUT2D eigenvalue weighted by molar-refractivity contribution is -0.119. The number of ether oxygens (including phenoxy) is 2. The highest BCUT2D eigenvalue weighted by molar-refractivity contribution is 9.10. The molecule has 3 aromatic rings. The lowest BCUT2D eigenvalue weighted by Crippen LogP contribution is -2.21. The van der Waals surface area contributed by atoms with Gasteiger partial charge in [-0.1, -0.05) is 27.5 Å². The number of halogens is 2. The van der Waals surface area contributed by atoms with Gasteiger partial charge in [-0.05, 0) is 31.2 Å². The van der Waals surface area contributed by atoms with E-state index >= 15 is 0 Å². The molecule has 2 aromatic carbocycles. The topological polar surface area (TPSA) is 109 Å². The van der Waals surface area contributed by atoms with Crippen molar-refractivity contribution in [3.8, 4) is 11.5 Å². The molecule has 0 aliphatic carbocycles. The molecule has 0 unspecified atom stereocenters. The van der Waals surface area contributed by atoms with E-state index in [1.807, 2.05) is 6.07 Å². The van der Waals surface area contributed by atoms with Crippen LogP contribution in [0.2, 0.25) is 5.02 Å². The van der Waals surface area contributed by atoms with Crippen LogP contribution in [0.25, 0.3) is 10.9 Å². The Morgan fingerprint density at radius 3 is 2.83 bits per heavy atom. The number of carbonyl (C=O) groups excluding carboxylic acids is 1. The third kappa shape index (κ3) is 4.57. The van der Waals surface area contributed by atoms with Gasteiger partial charge >= 0.3 is 0 Å². The minimum Gasteiger partial charge on any atom is -0.493 e. The second-order valence-electron chi connectivity index (χ2n) is 5.96. The number of fused-ring (bicyclic) bond motifs is 1. The van der Waals surface area contributed by atoms with Crippen LogP contribution in [0.1, 0.15) is 11.4 Å². The molecule has 1 heterocycles. The van der Waals surface area contributed by atoms with Crippen LogP contribution in [0.5, 0.6) is 11.5 Å². The van der Waals surface area contributed by atoms with Crippen molar-refractivity contribution in [2.45, 2.75) is 6.92 Å². The van der Waals surface area contributed by atoms with Gasteiger partial charge in [-0.15, -0.1) is 0 Å². The summed E-state index contributed by atoms with van der Waals surface area (Å²) in [6, 6.07) is 8.33. The first-order chi connectivity index (χ1) is 13.8. The molecule has 0 saturated heterocycles. The van der Waals surface area contributed by atoms with E-state index in [2.05, 4.69) is 26.0 Å². The first kappa shape index (κ1) is 20.8. The van der Waals surface area contributed by atoms with Crippen LogP contribution < -0.4 is 20.8 Å². The molecule has 3 rings (SSSR count). The summed E-state index contributed by atoms with van der Waals surface area (Å²) < 4.78 is 12.6. The molecule has 150 valence electrons. The Kier molecular flexibility index (Phi) is 6.19. The first-order valence-corrected chi connectivity index (χ1v) is 9.49. The lowest BCUT2D eigenvalue weighted by atomic mass is 10.2. The van der Waals surface area contributed by atoms with Crippen LogP contribution in [0.15, 0.2) is 44.7 Å². The summed E-state index contributed by atoms with van der Waals surface area (Å²) >= 11 is 9.48. The average molecular weight is 480 g/mol. The van der Waals surface area contributed by atoms with E-state index in [1.165, 1.54) is 24.1 Å². The lowest BCUT2D eigenvalue weighted by Gasteiger charge is -2.13. The highest BCUT2D eigenvalue weighted by atomic mass is 79.9. The Morgan fingerprint density at radius 1 is 1.38 bits per heavy atom. The zero-order valence-corrected chi connectivity index (χ0v) is 17.8. The van der Waals surface area contributed by atoms with E-state index in [0.717, 1.165) is 4.47 Å². The molecular formula is C19H16BrClN4O4. The van der Waals surface area contributed by atoms with Crippen molar-refractivity contribution in [3.63, 3.8) is 0 Å². The number of primary amides is 1. The highest BCUT2D eigenvalue weighted by Gasteiger charge is 2.14. The van der Waals surface area contributed by atoms with Crippen molar-refractivity contribution in [2.24, 2.45) is 10.8 Å². The smallest absolute Gasteiger partial charge is 0.282 e. The van der Waals surface area contributed by atoms with E-state index in [9.17, 15) is 9.59 Å². The average Bonchev–Trinajstić information content (AvgIpc) is 2.67. The summed E-state index contributed by atoms with van der Waals surface area (Å²) in [7, 11) is 1.43. The fourth-order valence-electron chi connectivity index (χ4n) is 2.65. The van der Waals surface area contributed by atoms with Crippen molar-refractivity contribution in [3.05, 3.63) is 61.6 Å². The van der Waals surface area contributed by atoms with Gasteiger partial charge in [0.1, 0.15) is 5.82 Å². The SMILES string of the molecule is COc1cc(Cl)cc(C=Nn2c(C)nc3ccc(Br)cc3c2=O)c1OCC(N)=O. The molecule has 0 radical (unpaired) electrons. The Labute approximate surface area is 179 Å². The molecule has 0 aliphatic heterocycles. The Hall–Kier alpha value is -2.91. The molecule has 0 atom stereocenters. The number of methoxy groups -OCH3 is 1. The second-order valence-corrected chi connectivity index (χ2v) is 7.32. The van der Waals surface area contributed by atoms with Gasteiger partial charge in [0.25, 0.3) is 11.5 Å². The maximum absolute atomic E-state index is 12.9. The standard InChI is InChI=1S/C19H16BrClN4O4/c1-10-24-15-4-3-12(20)6-14(15)19(27)25(10)23-8-11-5-13(21)7-16(28-2)18(11)29-9-17(22)26/h3-8H,9H2,1-2H3,(H2,22,26). The van der Waals surface area contributed by atoms with E-state index in [-0.39, 0.29) is 17.9 Å². The number of benzene rings is 2. The van der Waals surface area contributed by atoms with Crippen molar-refractivity contribution in [1.29, 1.82) is 0 Å². The van der Waals surface area contributed by atoms with Gasteiger partial charge in [0.15, 0.2) is 18.1 Å². The predicted molar refractivity (Wildman–Crippen MR) is 114 cm³/mol. The minimum atomic E-state index is -0.652. The van der Waals surface area contributed by atoms with Crippen molar-refractivity contribution < 1.29 is 14.3 Å². The number of hydrogen-bond acceptors (Lipinski definition) is 6. The Morgan fingerprint density at radius 2 is 2.14 bits per heavy atom. The fourth-order valence-corrected chi connectivity index (χ4v) is 3.23. The maximum Gasteiger partial charge on any atom is 0.282 e. The van der Waals surface area contributed by atoms with Crippen LogP contribution in [-0.2, 0) is 4.79 Å². The van der Waals surface area contributed by atoms with Crippen molar-refractivity contribution >= 4 is 50.6 Å². The zero-order chi connectivity index (χ0) is 21.1. The summed E-state index contributed by atoms with van der Waals surface area (Å²) in [4.78, 5) is 28.4. The molecule has 1 aromatic heterocycles. The molecule has 1 amide bonds. The quantitative estimate of drug-likeness (QED) is 0.547. The monoisotopic (exact) mass is 478 g/mol. The third-order valence-corrected chi connectivity index (χ3v) is 4.62. The van der Waals surface area contributed by atoms with E-state index in [1.54, 1.807) is 25.1 Å². The van der Waals surface area contributed by atoms with Crippen LogP contribution in [0, 0.1) is 6.92 Å². The predicted octanol–water partition coefficient (Wildman–Crippen LogP) is 2.88. The summed E-state index contributed by atoms with van der Waals surface area (Å²) in [5.74, 6) is 0.266. The molecule has 8 nitrogen and oxygen atoms in total. The number of hydrogen-bond donors (Lipinski definition) is 1. The van der Waals surface area contributed by atoms with Crippen molar-refractivity contribution in [1.82, 2.24) is 9.66 Å². The third-order valence-electron chi connectivity index (χ3n) is 3.91. The van der Waals surface area contributed by atoms with Crippen LogP contribution in [0.3, 0.4) is 0 Å². The minimum absolute atomic E-state index is 0.224. The van der Waals surface area contributed by atoms with Crippen LogP contribution in [0.4, 0.5) is 0 Å². The molecule has 0 fully saturated rings. The highest BCUT2D eigenvalue weighted by Crippen LogP contribution is 2.34. The number of aromatic nitrogens is 2. The van der Waals surface area contributed by atoms with Crippen LogP contribution in [-0.4, -0.2) is 35.5 Å². The van der Waals surface area contributed by atoms with Gasteiger partial charge < -0.3 is 15.2 Å². The number of amides is 1. The molecule has 0 saturated carbocycles. The Bertz CT molecular complexity index is 1190. The van der Waals surface area contributed by atoms with Gasteiger partial charge in [-0.3, -0.25) is 9.59 Å². The van der Waals surface area contributed by atoms with Gasteiger partial charge in [0, 0.05) is 21.1 Å². The Balaban J connectivity index is 2.11. The summed E-state index contributed by atoms with van der Waals surface area (Å²) in [6.45, 7) is 1.31. The van der Waals surface area contributed by atoms with Gasteiger partial charge in [0.2, 0.25) is 0 Å². The zero-order valence-electron chi connectivity index (χ0n) is 15.5. The number of rotatable bonds is 6. The normalized spacial score (nSPS) is 11.2. The first-order valence-electron chi connectivity index (χ1n) is 8.32. The largest absolute Gasteiger partial charge is 0.493 e. The van der Waals surface area contributed by atoms with E-state index < -0.39 is 5.91 Å².